The minimum Gasteiger partial charge on any atom is -0.495 e. The fraction of sp³-hybridized carbons (Fsp3) is 0.596. The van der Waals surface area contributed by atoms with Gasteiger partial charge in [0.15, 0.2) is 5.72 Å². The van der Waals surface area contributed by atoms with Gasteiger partial charge in [0.2, 0.25) is 17.7 Å². The first-order valence-electron chi connectivity index (χ1n) is 22.4. The molecular formula is C47H64ClN5O13S. The number of ether oxygens (including phenoxy) is 5. The number of anilines is 1. The van der Waals surface area contributed by atoms with Gasteiger partial charge in [-0.2, -0.15) is 11.8 Å². The van der Waals surface area contributed by atoms with E-state index in [0.29, 0.717) is 42.9 Å². The summed E-state index contributed by atoms with van der Waals surface area (Å²) in [6, 6.07) is 1.38. The number of hydrogen-bond donors (Lipinski definition) is 3. The second-order valence-electron chi connectivity index (χ2n) is 17.7. The van der Waals surface area contributed by atoms with E-state index < -0.39 is 84.0 Å². The number of methoxy groups -OCH3 is 2. The normalized spacial score (nSPS) is 28.6. The largest absolute Gasteiger partial charge is 0.495 e. The van der Waals surface area contributed by atoms with Gasteiger partial charge in [-0.25, -0.2) is 9.59 Å². The number of amides is 6. The number of nitrogens with zero attached hydrogens (tertiary/aromatic N) is 3. The van der Waals surface area contributed by atoms with Crippen molar-refractivity contribution in [2.24, 2.45) is 5.92 Å². The van der Waals surface area contributed by atoms with Crippen LogP contribution in [0.15, 0.2) is 48.1 Å². The topological polar surface area (TPSA) is 223 Å². The van der Waals surface area contributed by atoms with Crippen LogP contribution in [-0.4, -0.2) is 151 Å². The number of aliphatic hydroxyl groups is 1. The van der Waals surface area contributed by atoms with Crippen LogP contribution in [0.2, 0.25) is 5.02 Å². The fourth-order valence-corrected chi connectivity index (χ4v) is 9.37. The Balaban J connectivity index is 1.37. The zero-order valence-corrected chi connectivity index (χ0v) is 41.2. The molecule has 4 bridgehead atoms. The number of carbonyl (C=O) groups is 7. The number of fused-ring (bicyclic) bond motifs is 5. The Kier molecular flexibility index (Phi) is 18.1. The van der Waals surface area contributed by atoms with Crippen molar-refractivity contribution >= 4 is 70.6 Å². The molecule has 0 spiro atoms. The third-order valence-corrected chi connectivity index (χ3v) is 13.9. The van der Waals surface area contributed by atoms with Crippen molar-refractivity contribution in [2.75, 3.05) is 51.8 Å². The number of allylic oxidation sites excluding steroid dienone is 3. The summed E-state index contributed by atoms with van der Waals surface area (Å²) in [6.45, 7) is 7.08. The monoisotopic (exact) mass is 973 g/mol. The highest BCUT2D eigenvalue weighted by atomic mass is 35.5. The van der Waals surface area contributed by atoms with Gasteiger partial charge in [-0.1, -0.05) is 48.7 Å². The van der Waals surface area contributed by atoms with Crippen LogP contribution in [0, 0.1) is 5.92 Å². The number of unbranched alkanes of at least 4 members (excludes halogenated alkanes) is 2. The first-order valence-corrected chi connectivity index (χ1v) is 24.1. The van der Waals surface area contributed by atoms with E-state index in [9.17, 15) is 38.7 Å². The van der Waals surface area contributed by atoms with Gasteiger partial charge >= 0.3 is 12.1 Å². The molecule has 2 saturated heterocycles. The number of benzene rings is 1. The Morgan fingerprint density at radius 3 is 2.48 bits per heavy atom. The maximum Gasteiger partial charge on any atom is 0.409 e. The van der Waals surface area contributed by atoms with E-state index in [4.69, 9.17) is 35.3 Å². The summed E-state index contributed by atoms with van der Waals surface area (Å²) in [5.41, 5.74) is -1.19. The molecule has 20 heteroatoms. The van der Waals surface area contributed by atoms with Crippen molar-refractivity contribution in [3.8, 4) is 5.75 Å². The molecule has 2 fully saturated rings. The highest BCUT2D eigenvalue weighted by Gasteiger charge is 2.64. The minimum atomic E-state index is -1.88. The molecule has 67 heavy (non-hydrogen) atoms. The molecule has 368 valence electrons. The quantitative estimate of drug-likeness (QED) is 0.0913. The van der Waals surface area contributed by atoms with Gasteiger partial charge in [0.05, 0.1) is 25.3 Å². The molecule has 1 aromatic rings. The van der Waals surface area contributed by atoms with Crippen molar-refractivity contribution < 1.29 is 62.4 Å². The van der Waals surface area contributed by atoms with Gasteiger partial charge in [0.1, 0.15) is 46.8 Å². The van der Waals surface area contributed by atoms with Gasteiger partial charge in [-0.15, -0.1) is 0 Å². The van der Waals surface area contributed by atoms with E-state index in [1.54, 1.807) is 45.2 Å². The molecule has 18 nitrogen and oxygen atoms in total. The van der Waals surface area contributed by atoms with Crippen molar-refractivity contribution in [2.45, 2.75) is 127 Å². The molecule has 5 rings (SSSR count). The van der Waals surface area contributed by atoms with Crippen LogP contribution in [0.5, 0.6) is 5.75 Å². The van der Waals surface area contributed by atoms with Crippen LogP contribution < -0.4 is 20.3 Å². The highest BCUT2D eigenvalue weighted by molar-refractivity contribution is 7.98. The number of epoxide rings is 1. The number of thioether (sulfide) groups is 1. The molecule has 3 N–H and O–H groups in total. The lowest BCUT2D eigenvalue weighted by Crippen LogP contribution is -2.63. The van der Waals surface area contributed by atoms with Crippen LogP contribution >= 0.6 is 23.4 Å². The fourth-order valence-electron chi connectivity index (χ4n) is 8.58. The lowest BCUT2D eigenvalue weighted by Gasteiger charge is -2.42. The number of rotatable bonds is 16. The lowest BCUT2D eigenvalue weighted by molar-refractivity contribution is -0.162. The predicted molar refractivity (Wildman–Crippen MR) is 250 cm³/mol. The van der Waals surface area contributed by atoms with Crippen LogP contribution in [0.1, 0.15) is 78.2 Å². The first kappa shape index (κ1) is 53.0. The highest BCUT2D eigenvalue weighted by Crippen LogP contribution is 2.49. The lowest BCUT2D eigenvalue weighted by atomic mass is 9.83. The Bertz CT molecular complexity index is 2140. The number of hydrogen-bond acceptors (Lipinski definition) is 14. The molecule has 6 amide bonds. The number of imide groups is 1. The molecular weight excluding hydrogens is 910 g/mol. The summed E-state index contributed by atoms with van der Waals surface area (Å²) in [7, 11) is 5.86. The number of alkyl carbamates (subject to hydrolysis) is 1. The Morgan fingerprint density at radius 1 is 1.12 bits per heavy atom. The van der Waals surface area contributed by atoms with Crippen molar-refractivity contribution in [1.29, 1.82) is 0 Å². The van der Waals surface area contributed by atoms with Gasteiger partial charge in [-0.3, -0.25) is 34.2 Å². The zero-order valence-electron chi connectivity index (χ0n) is 39.6. The summed E-state index contributed by atoms with van der Waals surface area (Å²) in [5, 5.41) is 17.4. The molecule has 4 aliphatic rings. The number of likely N-dealkylation sites (N-methyl/N-ethyl adjacent to an activating group) is 1. The van der Waals surface area contributed by atoms with E-state index in [0.717, 1.165) is 16.0 Å². The van der Waals surface area contributed by atoms with E-state index in [1.807, 2.05) is 19.3 Å². The number of esters is 1. The second-order valence-corrected chi connectivity index (χ2v) is 19.1. The van der Waals surface area contributed by atoms with E-state index in [2.05, 4.69) is 10.6 Å². The average molecular weight is 975 g/mol. The third kappa shape index (κ3) is 12.8. The van der Waals surface area contributed by atoms with E-state index in [-0.39, 0.29) is 48.6 Å². The van der Waals surface area contributed by atoms with E-state index >= 15 is 0 Å². The standard InChI is InChI=1S/C47H64ClN5O13S/c1-27-14-13-15-35(63-8)47(61)26-34(64-45(60)50-47)28(2)42-46(4,66-42)36(25-40(57)52(6)32-23-30(22-27)24-33(62-7)41(32)48)65-44(59)29(3)51(5)43(58)31(19-21-67-9)49-37(54)16-11-10-12-20-53-38(55)17-18-39(53)56/h13-15,17-18,23-24,28-29,31,34-36,42,61H,10-12,16,19-22,25-26H2,1-9H3,(H,49,54)(H,50,60)/b15-13+,27-14+/t28?,29-,31?,34?,35?,36?,42?,46?,47?/m0/s1. The molecule has 9 atom stereocenters. The first-order chi connectivity index (χ1) is 31.7. The van der Waals surface area contributed by atoms with Gasteiger partial charge < -0.3 is 43.9 Å². The maximum absolute atomic E-state index is 14.4. The number of carbonyl (C=O) groups excluding carboxylic acids is 7. The molecule has 1 aromatic carbocycles. The predicted octanol–water partition coefficient (Wildman–Crippen LogP) is 4.24. The summed E-state index contributed by atoms with van der Waals surface area (Å²) in [5.74, 6) is -2.70. The SMILES string of the molecule is COc1cc2cc(c1Cl)N(C)C(=O)CC(OC(=O)[C@H](C)N(C)C(=O)C(CCSC)NC(=O)CCCCCN1C(=O)C=CC1=O)C1(C)OC1C(C)C1CC(O)(NC(=O)O1)C(OC)/C=C/C=C(\C)C2. The Labute approximate surface area is 401 Å². The molecule has 4 heterocycles. The Hall–Kier alpha value is -4.95. The average Bonchev–Trinajstić information content (AvgIpc) is 3.89. The van der Waals surface area contributed by atoms with Crippen LogP contribution in [0.3, 0.4) is 0 Å². The summed E-state index contributed by atoms with van der Waals surface area (Å²) < 4.78 is 29.5. The van der Waals surface area contributed by atoms with E-state index in [1.165, 1.54) is 61.9 Å². The van der Waals surface area contributed by atoms with Crippen molar-refractivity contribution in [1.82, 2.24) is 20.4 Å². The summed E-state index contributed by atoms with van der Waals surface area (Å²) in [6.07, 6.45) is 6.61. The third-order valence-electron chi connectivity index (χ3n) is 12.9. The number of nitrogens with one attached hydrogen (secondary N) is 2. The van der Waals surface area contributed by atoms with Crippen LogP contribution in [-0.2, 0) is 54.1 Å². The summed E-state index contributed by atoms with van der Waals surface area (Å²) in [4.78, 5) is 96.1. The molecule has 0 saturated carbocycles. The van der Waals surface area contributed by atoms with Gasteiger partial charge in [0, 0.05) is 58.7 Å². The zero-order chi connectivity index (χ0) is 49.4. The minimum absolute atomic E-state index is 0.100. The summed E-state index contributed by atoms with van der Waals surface area (Å²) >= 11 is 8.30. The smallest absolute Gasteiger partial charge is 0.409 e. The van der Waals surface area contributed by atoms with Gasteiger partial charge in [0.25, 0.3) is 11.8 Å². The second kappa shape index (κ2) is 22.9. The van der Waals surface area contributed by atoms with Crippen LogP contribution in [0.25, 0.3) is 0 Å². The molecule has 0 aliphatic carbocycles. The maximum atomic E-state index is 14.4. The van der Waals surface area contributed by atoms with Crippen LogP contribution in [0.4, 0.5) is 10.5 Å². The molecule has 4 aliphatic heterocycles. The van der Waals surface area contributed by atoms with Crippen molar-refractivity contribution in [3.05, 3.63) is 58.7 Å². The van der Waals surface area contributed by atoms with Gasteiger partial charge in [-0.05, 0) is 76.2 Å². The Morgan fingerprint density at radius 2 is 1.82 bits per heavy atom. The molecule has 0 radical (unpaired) electrons. The van der Waals surface area contributed by atoms with Crippen molar-refractivity contribution in [3.63, 3.8) is 0 Å². The number of halogens is 1. The molecule has 8 unspecified atom stereocenters. The molecule has 0 aromatic heterocycles.